The van der Waals surface area contributed by atoms with Crippen LogP contribution in [0.5, 0.6) is 0 Å². The number of benzene rings is 3. The molecular formula is C28H28N2O6S. The highest BCUT2D eigenvalue weighted by atomic mass is 32.2. The summed E-state index contributed by atoms with van der Waals surface area (Å²) >= 11 is 1.02. The smallest absolute Gasteiger partial charge is 0.350 e. The number of carboxylic acid groups (broad SMARTS) is 2. The molecule has 192 valence electrons. The van der Waals surface area contributed by atoms with Gasteiger partial charge in [-0.1, -0.05) is 90.6 Å². The second-order valence-corrected chi connectivity index (χ2v) is 9.70. The Kier molecular flexibility index (Phi) is 9.85. The van der Waals surface area contributed by atoms with Crippen molar-refractivity contribution in [2.75, 3.05) is 5.32 Å². The molecular weight excluding hydrogens is 492 g/mol. The van der Waals surface area contributed by atoms with Crippen molar-refractivity contribution >= 4 is 40.4 Å². The lowest BCUT2D eigenvalue weighted by Crippen LogP contribution is -2.60. The number of amides is 1. The van der Waals surface area contributed by atoms with E-state index in [4.69, 9.17) is 0 Å². The van der Waals surface area contributed by atoms with E-state index in [9.17, 15) is 29.4 Å². The van der Waals surface area contributed by atoms with Gasteiger partial charge in [0.1, 0.15) is 0 Å². The van der Waals surface area contributed by atoms with Crippen molar-refractivity contribution in [3.63, 3.8) is 0 Å². The lowest BCUT2D eigenvalue weighted by Gasteiger charge is -2.32. The summed E-state index contributed by atoms with van der Waals surface area (Å²) in [6.45, 7) is 0. The van der Waals surface area contributed by atoms with Crippen LogP contribution >= 0.6 is 11.8 Å². The van der Waals surface area contributed by atoms with Crippen LogP contribution in [0.15, 0.2) is 91.0 Å². The Balaban J connectivity index is 1.82. The Bertz CT molecular complexity index is 1210. The number of hydrogen-bond acceptors (Lipinski definition) is 6. The fraction of sp³-hybridized carbons (Fsp3) is 0.214. The maximum absolute atomic E-state index is 13.2. The summed E-state index contributed by atoms with van der Waals surface area (Å²) in [4.78, 5) is 49.8. The zero-order chi connectivity index (χ0) is 26.7. The monoisotopic (exact) mass is 520 g/mol. The SMILES string of the molecule is O=C(O)CC[C@@](NC(=O)CC(Cc1ccccc1)SC(=O)c1ccccc1)(Nc1ccccc1)C(=O)O. The van der Waals surface area contributed by atoms with Crippen molar-refractivity contribution in [1.29, 1.82) is 0 Å². The minimum atomic E-state index is -2.05. The quantitative estimate of drug-likeness (QED) is 0.243. The van der Waals surface area contributed by atoms with E-state index in [2.05, 4.69) is 10.6 Å². The molecule has 1 unspecified atom stereocenters. The summed E-state index contributed by atoms with van der Waals surface area (Å²) in [6.07, 6.45) is -0.631. The predicted molar refractivity (Wildman–Crippen MR) is 142 cm³/mol. The standard InChI is InChI=1S/C28H28N2O6S/c31-24(30-28(27(35)36,17-16-25(32)33)29-22-14-8-3-9-15-22)19-23(18-20-10-4-1-5-11-20)37-26(34)21-12-6-2-7-13-21/h1-15,23,29H,16-19H2,(H,30,31)(H,32,33)(H,35,36)/t23?,28-/m0/s1. The molecule has 0 aromatic heterocycles. The second-order valence-electron chi connectivity index (χ2n) is 8.43. The third-order valence-electron chi connectivity index (χ3n) is 5.57. The van der Waals surface area contributed by atoms with Crippen LogP contribution in [0.1, 0.15) is 35.2 Å². The molecule has 0 heterocycles. The van der Waals surface area contributed by atoms with Crippen LogP contribution in [0.25, 0.3) is 0 Å². The van der Waals surface area contributed by atoms with Crippen LogP contribution in [0.3, 0.4) is 0 Å². The molecule has 8 nitrogen and oxygen atoms in total. The molecule has 4 N–H and O–H groups in total. The molecule has 1 amide bonds. The van der Waals surface area contributed by atoms with E-state index in [0.29, 0.717) is 17.7 Å². The van der Waals surface area contributed by atoms with Crippen LogP contribution in [-0.4, -0.2) is 44.1 Å². The third kappa shape index (κ3) is 8.50. The van der Waals surface area contributed by atoms with E-state index in [-0.39, 0.29) is 11.5 Å². The number of anilines is 1. The molecule has 2 atom stereocenters. The van der Waals surface area contributed by atoms with Crippen molar-refractivity contribution < 1.29 is 29.4 Å². The van der Waals surface area contributed by atoms with Gasteiger partial charge in [0.15, 0.2) is 0 Å². The van der Waals surface area contributed by atoms with Crippen molar-refractivity contribution in [1.82, 2.24) is 5.32 Å². The normalized spacial score (nSPS) is 13.1. The Morgan fingerprint density at radius 2 is 1.38 bits per heavy atom. The van der Waals surface area contributed by atoms with Gasteiger partial charge in [-0.15, -0.1) is 0 Å². The zero-order valence-corrected chi connectivity index (χ0v) is 20.8. The summed E-state index contributed by atoms with van der Waals surface area (Å²) in [5.74, 6) is -3.23. The number of carbonyl (C=O) groups is 4. The minimum absolute atomic E-state index is 0.156. The summed E-state index contributed by atoms with van der Waals surface area (Å²) in [5.41, 5.74) is -0.225. The first kappa shape index (κ1) is 27.5. The summed E-state index contributed by atoms with van der Waals surface area (Å²) in [5, 5.41) is 23.9. The van der Waals surface area contributed by atoms with E-state index < -0.39 is 41.6 Å². The number of para-hydroxylation sites is 1. The van der Waals surface area contributed by atoms with Crippen molar-refractivity contribution in [3.8, 4) is 0 Å². The second kappa shape index (κ2) is 13.3. The van der Waals surface area contributed by atoms with Gasteiger partial charge in [-0.3, -0.25) is 14.4 Å². The van der Waals surface area contributed by atoms with Crippen LogP contribution < -0.4 is 10.6 Å². The van der Waals surface area contributed by atoms with Gasteiger partial charge in [-0.2, -0.15) is 0 Å². The highest BCUT2D eigenvalue weighted by Gasteiger charge is 2.41. The Labute approximate surface area is 219 Å². The predicted octanol–water partition coefficient (Wildman–Crippen LogP) is 4.44. The molecule has 3 aromatic carbocycles. The van der Waals surface area contributed by atoms with Crippen LogP contribution in [0.2, 0.25) is 0 Å². The van der Waals surface area contributed by atoms with Crippen LogP contribution in [0.4, 0.5) is 5.69 Å². The lowest BCUT2D eigenvalue weighted by molar-refractivity contribution is -0.147. The minimum Gasteiger partial charge on any atom is -0.481 e. The molecule has 0 spiro atoms. The molecule has 0 aliphatic rings. The molecule has 0 aliphatic heterocycles. The summed E-state index contributed by atoms with van der Waals surface area (Å²) < 4.78 is 0. The summed E-state index contributed by atoms with van der Waals surface area (Å²) in [7, 11) is 0. The Hall–Kier alpha value is -4.11. The Morgan fingerprint density at radius 1 is 0.811 bits per heavy atom. The first-order chi connectivity index (χ1) is 17.8. The number of rotatable bonds is 13. The summed E-state index contributed by atoms with van der Waals surface area (Å²) in [6, 6.07) is 26.5. The molecule has 3 rings (SSSR count). The number of nitrogens with one attached hydrogen (secondary N) is 2. The zero-order valence-electron chi connectivity index (χ0n) is 20.0. The van der Waals surface area contributed by atoms with Crippen molar-refractivity contribution in [2.24, 2.45) is 0 Å². The molecule has 3 aromatic rings. The van der Waals surface area contributed by atoms with E-state index in [1.165, 1.54) is 0 Å². The Morgan fingerprint density at radius 3 is 1.95 bits per heavy atom. The fourth-order valence-corrected chi connectivity index (χ4v) is 4.84. The van der Waals surface area contributed by atoms with Gasteiger partial charge in [0.2, 0.25) is 16.7 Å². The third-order valence-corrected chi connectivity index (χ3v) is 6.68. The molecule has 0 saturated carbocycles. The number of carboxylic acids is 2. The van der Waals surface area contributed by atoms with Crippen molar-refractivity contribution in [2.45, 2.75) is 36.6 Å². The van der Waals surface area contributed by atoms with Crippen molar-refractivity contribution in [3.05, 3.63) is 102 Å². The van der Waals surface area contributed by atoms with Gasteiger partial charge in [-0.05, 0) is 24.1 Å². The van der Waals surface area contributed by atoms with Crippen LogP contribution in [-0.2, 0) is 20.8 Å². The molecule has 0 fully saturated rings. The molecule has 0 aliphatic carbocycles. The fourth-order valence-electron chi connectivity index (χ4n) is 3.75. The highest BCUT2D eigenvalue weighted by Crippen LogP contribution is 2.26. The van der Waals surface area contributed by atoms with E-state index in [1.807, 2.05) is 30.3 Å². The van der Waals surface area contributed by atoms with E-state index >= 15 is 0 Å². The molecule has 37 heavy (non-hydrogen) atoms. The van der Waals surface area contributed by atoms with E-state index in [1.54, 1.807) is 60.7 Å². The molecule has 0 radical (unpaired) electrons. The first-order valence-electron chi connectivity index (χ1n) is 11.7. The average molecular weight is 521 g/mol. The maximum atomic E-state index is 13.2. The molecule has 0 saturated heterocycles. The first-order valence-corrected chi connectivity index (χ1v) is 12.5. The highest BCUT2D eigenvalue weighted by molar-refractivity contribution is 8.14. The average Bonchev–Trinajstić information content (AvgIpc) is 2.88. The maximum Gasteiger partial charge on any atom is 0.350 e. The lowest BCUT2D eigenvalue weighted by atomic mass is 10.0. The number of hydrogen-bond donors (Lipinski definition) is 4. The van der Waals surface area contributed by atoms with E-state index in [0.717, 1.165) is 17.3 Å². The topological polar surface area (TPSA) is 133 Å². The van der Waals surface area contributed by atoms with Gasteiger partial charge in [0.05, 0.1) is 0 Å². The van der Waals surface area contributed by atoms with Gasteiger partial charge in [0, 0.05) is 35.8 Å². The number of aliphatic carboxylic acids is 2. The number of thioether (sulfide) groups is 1. The molecule has 0 bridgehead atoms. The largest absolute Gasteiger partial charge is 0.481 e. The number of carbonyl (C=O) groups excluding carboxylic acids is 2. The van der Waals surface area contributed by atoms with Gasteiger partial charge in [0.25, 0.3) is 0 Å². The van der Waals surface area contributed by atoms with Crippen LogP contribution in [0, 0.1) is 0 Å². The van der Waals surface area contributed by atoms with Gasteiger partial charge < -0.3 is 20.8 Å². The molecule has 9 heteroatoms. The van der Waals surface area contributed by atoms with Gasteiger partial charge >= 0.3 is 11.9 Å². The van der Waals surface area contributed by atoms with Gasteiger partial charge in [-0.25, -0.2) is 4.79 Å².